The fraction of sp³-hybridized carbons (Fsp3) is 0.0769. The van der Waals surface area contributed by atoms with E-state index in [0.717, 1.165) is 13.8 Å². The third-order valence-electron chi connectivity index (χ3n) is 2.47. The van der Waals surface area contributed by atoms with Gasteiger partial charge < -0.3 is 0 Å². The number of thiophene rings is 1. The van der Waals surface area contributed by atoms with E-state index in [-0.39, 0.29) is 11.8 Å². The standard InChI is InChI=1S/C13H10Br2N2O2S/c1-7-2-4-8(5-3-7)12(18)16-17-13(19)10-6-9(14)11(15)20-10/h2-6H,1H3,(H,16,18)(H,17,19). The highest BCUT2D eigenvalue weighted by Gasteiger charge is 2.13. The average Bonchev–Trinajstić information content (AvgIpc) is 2.76. The Bertz CT molecular complexity index is 633. The Morgan fingerprint density at radius 1 is 1.05 bits per heavy atom. The zero-order chi connectivity index (χ0) is 14.7. The molecule has 0 spiro atoms. The van der Waals surface area contributed by atoms with Crippen LogP contribution in [0.15, 0.2) is 38.6 Å². The number of rotatable bonds is 2. The van der Waals surface area contributed by atoms with Crippen LogP contribution in [-0.2, 0) is 0 Å². The number of aryl methyl sites for hydroxylation is 1. The molecular formula is C13H10Br2N2O2S. The summed E-state index contributed by atoms with van der Waals surface area (Å²) in [5, 5.41) is 0. The maximum absolute atomic E-state index is 11.8. The third kappa shape index (κ3) is 3.68. The quantitative estimate of drug-likeness (QED) is 0.732. The van der Waals surface area contributed by atoms with E-state index in [1.165, 1.54) is 11.3 Å². The molecule has 0 bridgehead atoms. The predicted octanol–water partition coefficient (Wildman–Crippen LogP) is 3.66. The van der Waals surface area contributed by atoms with Gasteiger partial charge in [0.2, 0.25) is 0 Å². The molecule has 20 heavy (non-hydrogen) atoms. The summed E-state index contributed by atoms with van der Waals surface area (Å²) >= 11 is 7.89. The van der Waals surface area contributed by atoms with E-state index in [4.69, 9.17) is 0 Å². The Morgan fingerprint density at radius 2 is 1.65 bits per heavy atom. The Labute approximate surface area is 136 Å². The minimum Gasteiger partial charge on any atom is -0.267 e. The summed E-state index contributed by atoms with van der Waals surface area (Å²) in [5.74, 6) is -0.713. The topological polar surface area (TPSA) is 58.2 Å². The summed E-state index contributed by atoms with van der Waals surface area (Å²) in [7, 11) is 0. The van der Waals surface area contributed by atoms with Gasteiger partial charge in [0.15, 0.2) is 0 Å². The first-order chi connectivity index (χ1) is 9.47. The smallest absolute Gasteiger partial charge is 0.267 e. The Morgan fingerprint density at radius 3 is 2.20 bits per heavy atom. The Balaban J connectivity index is 1.96. The number of nitrogens with one attached hydrogen (secondary N) is 2. The minimum atomic E-state index is -0.359. The highest BCUT2D eigenvalue weighted by Crippen LogP contribution is 2.32. The van der Waals surface area contributed by atoms with Gasteiger partial charge in [0.25, 0.3) is 11.8 Å². The zero-order valence-electron chi connectivity index (χ0n) is 10.4. The van der Waals surface area contributed by atoms with Crippen LogP contribution in [0.4, 0.5) is 0 Å². The molecule has 0 unspecified atom stereocenters. The highest BCUT2D eigenvalue weighted by molar-refractivity contribution is 9.13. The van der Waals surface area contributed by atoms with Gasteiger partial charge in [0, 0.05) is 10.0 Å². The van der Waals surface area contributed by atoms with E-state index in [2.05, 4.69) is 42.7 Å². The second-order valence-corrected chi connectivity index (χ2v) is 7.23. The first kappa shape index (κ1) is 15.2. The van der Waals surface area contributed by atoms with E-state index in [1.807, 2.05) is 19.1 Å². The molecule has 0 fully saturated rings. The van der Waals surface area contributed by atoms with Crippen LogP contribution in [0.1, 0.15) is 25.6 Å². The molecule has 0 saturated carbocycles. The fourth-order valence-corrected chi connectivity index (χ4v) is 3.34. The number of amides is 2. The van der Waals surface area contributed by atoms with Crippen molar-refractivity contribution in [1.29, 1.82) is 0 Å². The number of hydrogen-bond donors (Lipinski definition) is 2. The predicted molar refractivity (Wildman–Crippen MR) is 85.8 cm³/mol. The summed E-state index contributed by atoms with van der Waals surface area (Å²) in [6, 6.07) is 8.76. The number of carbonyl (C=O) groups excluding carboxylic acids is 2. The lowest BCUT2D eigenvalue weighted by Crippen LogP contribution is -2.41. The molecule has 1 aromatic carbocycles. The molecular weight excluding hydrogens is 408 g/mol. The van der Waals surface area contributed by atoms with Crippen molar-refractivity contribution in [3.63, 3.8) is 0 Å². The van der Waals surface area contributed by atoms with Crippen LogP contribution in [0, 0.1) is 6.92 Å². The lowest BCUT2D eigenvalue weighted by atomic mass is 10.1. The van der Waals surface area contributed by atoms with Gasteiger partial charge in [-0.25, -0.2) is 0 Å². The molecule has 1 aromatic heterocycles. The largest absolute Gasteiger partial charge is 0.279 e. The molecule has 2 aromatic rings. The second-order valence-electron chi connectivity index (χ2n) is 4.01. The lowest BCUT2D eigenvalue weighted by molar-refractivity contribution is 0.0849. The van der Waals surface area contributed by atoms with Crippen LogP contribution in [0.25, 0.3) is 0 Å². The monoisotopic (exact) mass is 416 g/mol. The fourth-order valence-electron chi connectivity index (χ4n) is 1.41. The maximum Gasteiger partial charge on any atom is 0.279 e. The normalized spacial score (nSPS) is 10.2. The summed E-state index contributed by atoms with van der Waals surface area (Å²) in [4.78, 5) is 24.2. The van der Waals surface area contributed by atoms with Crippen molar-refractivity contribution >= 4 is 55.0 Å². The third-order valence-corrected chi connectivity index (χ3v) is 5.73. The second kappa shape index (κ2) is 6.51. The van der Waals surface area contributed by atoms with Crippen molar-refractivity contribution in [2.45, 2.75) is 6.92 Å². The molecule has 0 saturated heterocycles. The van der Waals surface area contributed by atoms with E-state index in [0.29, 0.717) is 10.4 Å². The minimum absolute atomic E-state index is 0.354. The maximum atomic E-state index is 11.8. The van der Waals surface area contributed by atoms with Crippen molar-refractivity contribution in [2.75, 3.05) is 0 Å². The van der Waals surface area contributed by atoms with Crippen molar-refractivity contribution in [3.05, 3.63) is 54.6 Å². The molecule has 0 atom stereocenters. The summed E-state index contributed by atoms with van der Waals surface area (Å²) < 4.78 is 1.63. The number of halogens is 2. The van der Waals surface area contributed by atoms with Crippen molar-refractivity contribution in [1.82, 2.24) is 10.9 Å². The molecule has 7 heteroatoms. The molecule has 104 valence electrons. The van der Waals surface area contributed by atoms with Gasteiger partial charge in [-0.15, -0.1) is 11.3 Å². The van der Waals surface area contributed by atoms with Gasteiger partial charge in [-0.1, -0.05) is 17.7 Å². The number of benzene rings is 1. The number of hydrazine groups is 1. The van der Waals surface area contributed by atoms with E-state index in [1.54, 1.807) is 18.2 Å². The number of carbonyl (C=O) groups is 2. The first-order valence-electron chi connectivity index (χ1n) is 5.59. The molecule has 0 aliphatic rings. The van der Waals surface area contributed by atoms with Gasteiger partial charge in [0.1, 0.15) is 0 Å². The molecule has 0 radical (unpaired) electrons. The summed E-state index contributed by atoms with van der Waals surface area (Å²) in [6.07, 6.45) is 0. The molecule has 4 nitrogen and oxygen atoms in total. The summed E-state index contributed by atoms with van der Waals surface area (Å²) in [6.45, 7) is 1.94. The van der Waals surface area contributed by atoms with E-state index < -0.39 is 0 Å². The Kier molecular flexibility index (Phi) is 4.95. The van der Waals surface area contributed by atoms with Gasteiger partial charge in [-0.3, -0.25) is 20.4 Å². The van der Waals surface area contributed by atoms with Gasteiger partial charge in [-0.2, -0.15) is 0 Å². The SMILES string of the molecule is Cc1ccc(C(=O)NNC(=O)c2cc(Br)c(Br)s2)cc1. The van der Waals surface area contributed by atoms with Gasteiger partial charge in [-0.05, 0) is 57.0 Å². The van der Waals surface area contributed by atoms with E-state index >= 15 is 0 Å². The van der Waals surface area contributed by atoms with Crippen molar-refractivity contribution < 1.29 is 9.59 Å². The van der Waals surface area contributed by atoms with Gasteiger partial charge in [0.05, 0.1) is 8.66 Å². The van der Waals surface area contributed by atoms with Crippen LogP contribution in [0.2, 0.25) is 0 Å². The van der Waals surface area contributed by atoms with Crippen LogP contribution in [-0.4, -0.2) is 11.8 Å². The van der Waals surface area contributed by atoms with Crippen LogP contribution < -0.4 is 10.9 Å². The molecule has 1 heterocycles. The molecule has 2 amide bonds. The first-order valence-corrected chi connectivity index (χ1v) is 8.00. The van der Waals surface area contributed by atoms with Crippen LogP contribution in [0.3, 0.4) is 0 Å². The summed E-state index contributed by atoms with van der Waals surface area (Å²) in [5.41, 5.74) is 6.32. The van der Waals surface area contributed by atoms with Crippen LogP contribution >= 0.6 is 43.2 Å². The van der Waals surface area contributed by atoms with Gasteiger partial charge >= 0.3 is 0 Å². The Hall–Kier alpha value is -1.18. The molecule has 2 rings (SSSR count). The van der Waals surface area contributed by atoms with Crippen molar-refractivity contribution in [3.8, 4) is 0 Å². The molecule has 0 aliphatic carbocycles. The zero-order valence-corrected chi connectivity index (χ0v) is 14.4. The molecule has 2 N–H and O–H groups in total. The molecule has 0 aliphatic heterocycles. The van der Waals surface area contributed by atoms with Crippen molar-refractivity contribution in [2.24, 2.45) is 0 Å². The average molecular weight is 418 g/mol. The highest BCUT2D eigenvalue weighted by atomic mass is 79.9. The number of hydrogen-bond acceptors (Lipinski definition) is 3. The lowest BCUT2D eigenvalue weighted by Gasteiger charge is -2.06. The van der Waals surface area contributed by atoms with Crippen LogP contribution in [0.5, 0.6) is 0 Å². The van der Waals surface area contributed by atoms with E-state index in [9.17, 15) is 9.59 Å².